The summed E-state index contributed by atoms with van der Waals surface area (Å²) in [6.07, 6.45) is 85.6. The smallest absolute Gasteiger partial charge is 0.305 e. The first-order valence-electron chi connectivity index (χ1n) is 33.6. The molecule has 0 rings (SSSR count). The minimum absolute atomic E-state index is 0.00257. The first-order valence-corrected chi connectivity index (χ1v) is 33.6. The number of unbranched alkanes of at least 4 members (excludes halogenated alkanes) is 43. The molecule has 444 valence electrons. The van der Waals surface area contributed by atoms with Gasteiger partial charge in [0.2, 0.25) is 5.91 Å². The van der Waals surface area contributed by atoms with Crippen LogP contribution in [-0.2, 0) is 14.3 Å². The van der Waals surface area contributed by atoms with Crippen LogP contribution in [0.15, 0.2) is 60.8 Å². The number of nitrogens with one attached hydrogen (secondary N) is 1. The topological polar surface area (TPSA) is 95.9 Å². The number of carbonyl (C=O) groups excluding carboxylic acids is 2. The van der Waals surface area contributed by atoms with Gasteiger partial charge in [-0.05, 0) is 96.3 Å². The normalized spacial score (nSPS) is 12.9. The maximum atomic E-state index is 12.5. The van der Waals surface area contributed by atoms with Crippen LogP contribution >= 0.6 is 0 Å². The fourth-order valence-corrected chi connectivity index (χ4v) is 10.1. The molecule has 6 heteroatoms. The van der Waals surface area contributed by atoms with E-state index in [9.17, 15) is 19.8 Å². The molecule has 0 spiro atoms. The molecule has 76 heavy (non-hydrogen) atoms. The molecule has 0 heterocycles. The third-order valence-corrected chi connectivity index (χ3v) is 15.3. The van der Waals surface area contributed by atoms with E-state index in [1.165, 1.54) is 263 Å². The third-order valence-electron chi connectivity index (χ3n) is 15.3. The Balaban J connectivity index is 3.43. The summed E-state index contributed by atoms with van der Waals surface area (Å²) in [5.41, 5.74) is 0. The Labute approximate surface area is 473 Å². The van der Waals surface area contributed by atoms with Crippen molar-refractivity contribution in [3.05, 3.63) is 60.8 Å². The average Bonchev–Trinajstić information content (AvgIpc) is 3.42. The fourth-order valence-electron chi connectivity index (χ4n) is 10.1. The fraction of sp³-hybridized carbons (Fsp3) is 0.829. The van der Waals surface area contributed by atoms with Crippen LogP contribution in [0.4, 0.5) is 0 Å². The summed E-state index contributed by atoms with van der Waals surface area (Å²) in [6, 6.07) is -0.631. The number of rotatable bonds is 62. The molecule has 0 saturated heterocycles. The average molecular weight is 1060 g/mol. The predicted molar refractivity (Wildman–Crippen MR) is 333 cm³/mol. The Morgan fingerprint density at radius 3 is 1.01 bits per heavy atom. The number of allylic oxidation sites excluding steroid dienone is 9. The second kappa shape index (κ2) is 65.1. The molecule has 0 aliphatic heterocycles. The molecule has 1 amide bonds. The quantitative estimate of drug-likeness (QED) is 0.0320. The second-order valence-corrected chi connectivity index (χ2v) is 22.8. The number of carbonyl (C=O) groups is 2. The summed E-state index contributed by atoms with van der Waals surface area (Å²) in [7, 11) is 0. The maximum Gasteiger partial charge on any atom is 0.305 e. The van der Waals surface area contributed by atoms with Crippen molar-refractivity contribution in [2.24, 2.45) is 0 Å². The molecule has 0 aromatic rings. The number of ether oxygens (including phenoxy) is 1. The standard InChI is InChI=1S/C70H129NO5/c1-3-5-7-9-11-13-15-17-19-20-33-36-40-44-48-52-56-60-64-70(75)76-65-61-57-53-49-45-41-37-34-31-29-27-25-23-21-22-24-26-28-30-32-35-39-43-47-51-55-59-63-69(74)71-67(66-72)68(73)62-58-54-50-46-42-38-18-16-14-12-10-8-6-4-2/h13,15,19-22,25,27,58,62,67-68,72-73H,3-12,14,16-18,23-24,26,28-57,59-61,63-66H2,1-2H3,(H,71,74)/b15-13-,20-19-,22-21-,27-25-,62-58+. The highest BCUT2D eigenvalue weighted by molar-refractivity contribution is 5.76. The zero-order valence-electron chi connectivity index (χ0n) is 50.7. The molecule has 6 nitrogen and oxygen atoms in total. The number of esters is 1. The summed E-state index contributed by atoms with van der Waals surface area (Å²) >= 11 is 0. The van der Waals surface area contributed by atoms with Crippen LogP contribution in [0.25, 0.3) is 0 Å². The summed E-state index contributed by atoms with van der Waals surface area (Å²) in [5, 5.41) is 23.1. The first-order chi connectivity index (χ1) is 37.5. The highest BCUT2D eigenvalue weighted by Crippen LogP contribution is 2.17. The number of hydrogen-bond acceptors (Lipinski definition) is 5. The second-order valence-electron chi connectivity index (χ2n) is 22.8. The number of aliphatic hydroxyl groups excluding tert-OH is 2. The molecule has 0 bridgehead atoms. The lowest BCUT2D eigenvalue weighted by atomic mass is 10.0. The predicted octanol–water partition coefficient (Wildman–Crippen LogP) is 21.5. The Bertz CT molecular complexity index is 1320. The monoisotopic (exact) mass is 1060 g/mol. The zero-order valence-corrected chi connectivity index (χ0v) is 50.7. The van der Waals surface area contributed by atoms with Gasteiger partial charge < -0.3 is 20.3 Å². The minimum atomic E-state index is -0.847. The summed E-state index contributed by atoms with van der Waals surface area (Å²) < 4.78 is 5.49. The van der Waals surface area contributed by atoms with E-state index in [0.717, 1.165) is 57.8 Å². The van der Waals surface area contributed by atoms with Gasteiger partial charge in [-0.3, -0.25) is 9.59 Å². The lowest BCUT2D eigenvalue weighted by molar-refractivity contribution is -0.143. The van der Waals surface area contributed by atoms with Crippen molar-refractivity contribution in [3.8, 4) is 0 Å². The molecule has 0 radical (unpaired) electrons. The van der Waals surface area contributed by atoms with Crippen molar-refractivity contribution < 1.29 is 24.5 Å². The van der Waals surface area contributed by atoms with Crippen LogP contribution in [-0.4, -0.2) is 47.4 Å². The van der Waals surface area contributed by atoms with Crippen LogP contribution in [0.5, 0.6) is 0 Å². The van der Waals surface area contributed by atoms with Gasteiger partial charge in [-0.25, -0.2) is 0 Å². The van der Waals surface area contributed by atoms with E-state index in [2.05, 4.69) is 67.8 Å². The zero-order chi connectivity index (χ0) is 55.0. The van der Waals surface area contributed by atoms with Gasteiger partial charge in [-0.1, -0.05) is 299 Å². The Hall–Kier alpha value is -2.44. The van der Waals surface area contributed by atoms with Crippen LogP contribution in [0.2, 0.25) is 0 Å². The lowest BCUT2D eigenvalue weighted by Gasteiger charge is -2.20. The molecule has 0 aromatic carbocycles. The van der Waals surface area contributed by atoms with Crippen molar-refractivity contribution in [1.82, 2.24) is 5.32 Å². The van der Waals surface area contributed by atoms with Crippen LogP contribution in [0.3, 0.4) is 0 Å². The molecular formula is C70H129NO5. The molecule has 2 unspecified atom stereocenters. The van der Waals surface area contributed by atoms with Crippen molar-refractivity contribution in [3.63, 3.8) is 0 Å². The number of hydrogen-bond donors (Lipinski definition) is 3. The van der Waals surface area contributed by atoms with E-state index in [1.54, 1.807) is 6.08 Å². The van der Waals surface area contributed by atoms with Crippen molar-refractivity contribution in [2.45, 2.75) is 360 Å². The minimum Gasteiger partial charge on any atom is -0.466 e. The van der Waals surface area contributed by atoms with Gasteiger partial charge in [0.15, 0.2) is 0 Å². The Kier molecular flexibility index (Phi) is 63.0. The van der Waals surface area contributed by atoms with Gasteiger partial charge in [-0.15, -0.1) is 0 Å². The van der Waals surface area contributed by atoms with Gasteiger partial charge >= 0.3 is 5.97 Å². The molecular weight excluding hydrogens is 935 g/mol. The van der Waals surface area contributed by atoms with Crippen LogP contribution in [0, 0.1) is 0 Å². The van der Waals surface area contributed by atoms with Crippen LogP contribution < -0.4 is 5.32 Å². The molecule has 3 N–H and O–H groups in total. The molecule has 0 fully saturated rings. The molecule has 0 aromatic heterocycles. The van der Waals surface area contributed by atoms with Crippen molar-refractivity contribution in [2.75, 3.05) is 13.2 Å². The third kappa shape index (κ3) is 60.8. The first kappa shape index (κ1) is 73.6. The SMILES string of the molecule is CCCCCC/C=C\C/C=C\CCCCCCCCCC(=O)OCCCCCCCCCCC/C=C\C/C=C\CCCCCCCCCCCCCC(=O)NC(CO)C(O)/C=C/CCCCCCCCCCCCCC. The van der Waals surface area contributed by atoms with E-state index >= 15 is 0 Å². The highest BCUT2D eigenvalue weighted by atomic mass is 16.5. The largest absolute Gasteiger partial charge is 0.466 e. The molecule has 0 saturated carbocycles. The summed E-state index contributed by atoms with van der Waals surface area (Å²) in [4.78, 5) is 24.6. The van der Waals surface area contributed by atoms with E-state index in [0.29, 0.717) is 19.4 Å². The Morgan fingerprint density at radius 2 is 0.658 bits per heavy atom. The van der Waals surface area contributed by atoms with E-state index in [1.807, 2.05) is 6.08 Å². The summed E-state index contributed by atoms with van der Waals surface area (Å²) in [6.45, 7) is 4.89. The van der Waals surface area contributed by atoms with Crippen molar-refractivity contribution >= 4 is 11.9 Å². The van der Waals surface area contributed by atoms with Gasteiger partial charge in [-0.2, -0.15) is 0 Å². The maximum absolute atomic E-state index is 12.5. The van der Waals surface area contributed by atoms with Gasteiger partial charge in [0, 0.05) is 12.8 Å². The highest BCUT2D eigenvalue weighted by Gasteiger charge is 2.18. The molecule has 0 aliphatic rings. The van der Waals surface area contributed by atoms with E-state index < -0.39 is 12.1 Å². The van der Waals surface area contributed by atoms with Gasteiger partial charge in [0.1, 0.15) is 0 Å². The Morgan fingerprint density at radius 1 is 0.368 bits per heavy atom. The molecule has 0 aliphatic carbocycles. The molecule has 2 atom stereocenters. The van der Waals surface area contributed by atoms with Crippen molar-refractivity contribution in [1.29, 1.82) is 0 Å². The van der Waals surface area contributed by atoms with E-state index in [-0.39, 0.29) is 18.5 Å². The van der Waals surface area contributed by atoms with E-state index in [4.69, 9.17) is 4.74 Å². The van der Waals surface area contributed by atoms with Gasteiger partial charge in [0.25, 0.3) is 0 Å². The lowest BCUT2D eigenvalue weighted by Crippen LogP contribution is -2.45. The van der Waals surface area contributed by atoms with Gasteiger partial charge in [0.05, 0.1) is 25.4 Å². The number of aliphatic hydroxyl groups is 2. The number of amides is 1. The van der Waals surface area contributed by atoms with Crippen LogP contribution in [0.1, 0.15) is 348 Å². The summed E-state index contributed by atoms with van der Waals surface area (Å²) in [5.74, 6) is -0.0683.